The molecule has 1 spiro atoms. The summed E-state index contributed by atoms with van der Waals surface area (Å²) in [6.45, 7) is 14.6. The molecule has 3 N–H and O–H groups in total. The number of nitrogens with one attached hydrogen (secondary N) is 1. The van der Waals surface area contributed by atoms with Crippen molar-refractivity contribution in [1.82, 2.24) is 14.9 Å². The Labute approximate surface area is 421 Å². The maximum atomic E-state index is 13.4. The molecule has 70 heavy (non-hydrogen) atoms. The highest BCUT2D eigenvalue weighted by Gasteiger charge is 2.58. The number of hydrogen-bond acceptors (Lipinski definition) is 12. The molecule has 3 aromatic carbocycles. The molecule has 2 saturated heterocycles. The zero-order valence-electron chi connectivity index (χ0n) is 43.3. The number of nitrogens with zero attached hydrogens (tertiary/aromatic N) is 2. The van der Waals surface area contributed by atoms with Crippen LogP contribution in [-0.2, 0) is 29.8 Å². The van der Waals surface area contributed by atoms with Crippen molar-refractivity contribution < 1.29 is 46.5 Å². The summed E-state index contributed by atoms with van der Waals surface area (Å²) in [6.07, 6.45) is 15.2. The zero-order valence-corrected chi connectivity index (χ0v) is 45.0. The molecule has 392 valence electrons. The van der Waals surface area contributed by atoms with E-state index in [0.717, 1.165) is 72.1 Å². The molecule has 0 radical (unpaired) electrons. The predicted molar refractivity (Wildman–Crippen MR) is 284 cm³/mol. The van der Waals surface area contributed by atoms with Crippen LogP contribution in [-0.4, -0.2) is 101 Å². The number of alkyl halides is 2. The standard InChI is InChI=1S/C19H20NO3PS.C16H21F2NO.C11H21NO.C4H8O2.C2H6.CH5N.CH2O/c1-14(2)20-24(22,23-17-6-4-3-5-7-17)13-15-8-9-19-16(10-15)11-18(12-21)25-19;1-3-14-13(10-19(2)16(14)7-8-16)11-5-4-6-12(9-11)20-15(17)18;1-12-9-6-8-11(12)7-4-2-3-5-10-13;1-2-3-6-4-5;3*1-2/h3-12,14H,13H2,1-2H3,(H,20,22);4-6,9,13-15H,3,7-8,10H2,1-2H3;10-11H,2-9H2,1H3;4H,2-3H2,1H3;1-2H3;2H2,1H3;1H2/t;13?,14-;11-;;;;/m.10..../s1. The lowest BCUT2D eigenvalue weighted by Crippen LogP contribution is -2.31. The van der Waals surface area contributed by atoms with Crippen LogP contribution < -0.4 is 20.1 Å². The molecule has 2 aliphatic heterocycles. The number of benzene rings is 3. The molecular weight excluding hydrogens is 934 g/mol. The molecule has 12 nitrogen and oxygen atoms in total. The number of likely N-dealkylation sites (N-methyl/N-ethyl adjacent to an activating group) is 1. The summed E-state index contributed by atoms with van der Waals surface area (Å²) in [5.41, 5.74) is 6.92. The highest BCUT2D eigenvalue weighted by atomic mass is 32.1. The van der Waals surface area contributed by atoms with Crippen molar-refractivity contribution in [2.24, 2.45) is 11.7 Å². The van der Waals surface area contributed by atoms with Crippen LogP contribution in [0.25, 0.3) is 10.1 Å². The van der Waals surface area contributed by atoms with Crippen molar-refractivity contribution in [3.8, 4) is 11.5 Å². The van der Waals surface area contributed by atoms with Gasteiger partial charge in [0.15, 0.2) is 6.29 Å². The third-order valence-corrected chi connectivity index (χ3v) is 15.3. The van der Waals surface area contributed by atoms with Crippen LogP contribution >= 0.6 is 18.9 Å². The molecule has 2 unspecified atom stereocenters. The molecule has 1 saturated carbocycles. The normalized spacial score (nSPS) is 18.2. The SMILES string of the molecule is C=O.CC.CC(C)NP(=O)(Cc1ccc2sc(C=O)cc2c1)Oc1ccccc1.CCCOC=O.CC[C@@H]1C(c2cccc(OC(F)F)c2)CN(C)C12CC2.CN.CN1CCC[C@@H]1CCCCCC=O. The van der Waals surface area contributed by atoms with E-state index < -0.39 is 14.1 Å². The van der Waals surface area contributed by atoms with Crippen LogP contribution in [0.2, 0.25) is 0 Å². The molecule has 4 aromatic rings. The van der Waals surface area contributed by atoms with E-state index >= 15 is 0 Å². The number of halogens is 2. The van der Waals surface area contributed by atoms with Gasteiger partial charge in [0.1, 0.15) is 24.6 Å². The molecule has 0 bridgehead atoms. The summed E-state index contributed by atoms with van der Waals surface area (Å²) >= 11 is 1.45. The van der Waals surface area contributed by atoms with E-state index in [9.17, 15) is 27.7 Å². The van der Waals surface area contributed by atoms with Gasteiger partial charge < -0.3 is 34.2 Å². The number of carbonyl (C=O) groups is 4. The summed E-state index contributed by atoms with van der Waals surface area (Å²) in [4.78, 5) is 44.0. The number of carbonyl (C=O) groups excluding carboxylic acids is 4. The van der Waals surface area contributed by atoms with Gasteiger partial charge in [-0.05, 0) is 151 Å². The van der Waals surface area contributed by atoms with Gasteiger partial charge in [0.25, 0.3) is 6.47 Å². The van der Waals surface area contributed by atoms with Crippen molar-refractivity contribution in [2.45, 2.75) is 148 Å². The van der Waals surface area contributed by atoms with Crippen molar-refractivity contribution in [2.75, 3.05) is 40.8 Å². The van der Waals surface area contributed by atoms with Crippen LogP contribution in [0.15, 0.2) is 78.9 Å². The Hall–Kier alpha value is -4.37. The second kappa shape index (κ2) is 35.7. The topological polar surface area (TPSA) is 158 Å². The van der Waals surface area contributed by atoms with Gasteiger partial charge in [-0.15, -0.1) is 11.3 Å². The second-order valence-electron chi connectivity index (χ2n) is 17.3. The summed E-state index contributed by atoms with van der Waals surface area (Å²) in [5, 5.41) is 4.08. The average Bonchev–Trinajstić information content (AvgIpc) is 3.76. The Morgan fingerprint density at radius 3 is 2.16 bits per heavy atom. The zero-order chi connectivity index (χ0) is 52.5. The fourth-order valence-electron chi connectivity index (χ4n) is 9.02. The van der Waals surface area contributed by atoms with Gasteiger partial charge in [0, 0.05) is 41.2 Å². The number of nitrogens with two attached hydrogens (primary N) is 1. The summed E-state index contributed by atoms with van der Waals surface area (Å²) in [7, 11) is 2.80. The van der Waals surface area contributed by atoms with E-state index in [-0.39, 0.29) is 18.0 Å². The molecule has 0 amide bonds. The number of unbranched alkanes of at least 4 members (excludes halogenated alkanes) is 3. The van der Waals surface area contributed by atoms with Gasteiger partial charge in [-0.25, -0.2) is 5.09 Å². The number of rotatable bonds is 20. The number of hydrogen-bond donors (Lipinski definition) is 2. The van der Waals surface area contributed by atoms with Gasteiger partial charge in [-0.3, -0.25) is 19.1 Å². The number of thiophene rings is 1. The third kappa shape index (κ3) is 22.0. The molecule has 4 atom stereocenters. The Balaban J connectivity index is 0.000000487. The quantitative estimate of drug-likeness (QED) is 0.0491. The monoisotopic (exact) mass is 1020 g/mol. The Bertz CT molecular complexity index is 2080. The smallest absolute Gasteiger partial charge is 0.387 e. The maximum Gasteiger partial charge on any atom is 0.387 e. The number of ether oxygens (including phenoxy) is 2. The molecule has 1 aliphatic carbocycles. The van der Waals surface area contributed by atoms with Gasteiger partial charge in [0.2, 0.25) is 0 Å². The van der Waals surface area contributed by atoms with Crippen molar-refractivity contribution in [3.63, 3.8) is 0 Å². The van der Waals surface area contributed by atoms with Crippen LogP contribution in [0.3, 0.4) is 0 Å². The minimum Gasteiger partial charge on any atom is -0.468 e. The number of aldehydes is 2. The Morgan fingerprint density at radius 1 is 0.929 bits per heavy atom. The highest BCUT2D eigenvalue weighted by molar-refractivity contribution is 7.56. The van der Waals surface area contributed by atoms with E-state index in [2.05, 4.69) is 51.1 Å². The minimum atomic E-state index is -3.11. The van der Waals surface area contributed by atoms with Gasteiger partial charge >= 0.3 is 14.1 Å². The average molecular weight is 1020 g/mol. The summed E-state index contributed by atoms with van der Waals surface area (Å²) in [6, 6.07) is 25.0. The number of fused-ring (bicyclic) bond motifs is 1. The van der Waals surface area contributed by atoms with Crippen LogP contribution in [0.1, 0.15) is 139 Å². The van der Waals surface area contributed by atoms with Crippen molar-refractivity contribution in [1.29, 1.82) is 0 Å². The lowest BCUT2D eigenvalue weighted by Gasteiger charge is -2.25. The second-order valence-corrected chi connectivity index (χ2v) is 20.5. The first-order valence-electron chi connectivity index (χ1n) is 24.7. The first-order chi connectivity index (χ1) is 33.8. The Kier molecular flexibility index (Phi) is 32.4. The number of likely N-dealkylation sites (tertiary alicyclic amines) is 2. The lowest BCUT2D eigenvalue weighted by atomic mass is 9.82. The van der Waals surface area contributed by atoms with E-state index in [4.69, 9.17) is 9.32 Å². The molecule has 3 heterocycles. The van der Waals surface area contributed by atoms with Crippen LogP contribution in [0.5, 0.6) is 11.5 Å². The Morgan fingerprint density at radius 2 is 1.61 bits per heavy atom. The maximum absolute atomic E-state index is 13.4. The summed E-state index contributed by atoms with van der Waals surface area (Å²) in [5.74, 6) is 1.90. The highest BCUT2D eigenvalue weighted by Crippen LogP contribution is 2.58. The molecule has 3 fully saturated rings. The molecule has 1 aromatic heterocycles. The largest absolute Gasteiger partial charge is 0.468 e. The van der Waals surface area contributed by atoms with E-state index in [1.54, 1.807) is 24.3 Å². The van der Waals surface area contributed by atoms with E-state index in [0.29, 0.717) is 41.1 Å². The number of para-hydroxylation sites is 1. The van der Waals surface area contributed by atoms with Gasteiger partial charge in [0.05, 0.1) is 17.6 Å². The predicted octanol–water partition coefficient (Wildman–Crippen LogP) is 12.6. The molecular formula is C54H83F2N4O8PS. The molecule has 7 rings (SSSR count). The van der Waals surface area contributed by atoms with Crippen molar-refractivity contribution >= 4 is 54.8 Å². The van der Waals surface area contributed by atoms with Crippen molar-refractivity contribution in [3.05, 3.63) is 94.9 Å². The third-order valence-electron chi connectivity index (χ3n) is 12.1. The van der Waals surface area contributed by atoms with Crippen LogP contribution in [0, 0.1) is 5.92 Å². The first-order valence-corrected chi connectivity index (χ1v) is 27.3. The molecule has 16 heteroatoms. The fraction of sp³-hybridized carbons (Fsp3) is 0.556. The first kappa shape index (κ1) is 63.6. The van der Waals surface area contributed by atoms with E-state index in [1.807, 2.05) is 96.0 Å². The minimum absolute atomic E-state index is 0.0288. The van der Waals surface area contributed by atoms with E-state index in [1.165, 1.54) is 69.9 Å². The lowest BCUT2D eigenvalue weighted by molar-refractivity contribution is -0.128. The van der Waals surface area contributed by atoms with Gasteiger partial charge in [-0.2, -0.15) is 8.78 Å². The van der Waals surface area contributed by atoms with Crippen LogP contribution in [0.4, 0.5) is 8.78 Å². The summed E-state index contributed by atoms with van der Waals surface area (Å²) < 4.78 is 53.8. The molecule has 3 aliphatic rings. The van der Waals surface area contributed by atoms with Gasteiger partial charge in [-0.1, -0.05) is 83.4 Å². The fourth-order valence-corrected chi connectivity index (χ4v) is 12.0.